The molecular formula is C14H19NO2S. The van der Waals surface area contributed by atoms with E-state index in [1.807, 2.05) is 19.1 Å². The second kappa shape index (κ2) is 5.65. The van der Waals surface area contributed by atoms with Crippen LogP contribution in [-0.2, 0) is 11.2 Å². The van der Waals surface area contributed by atoms with Crippen molar-refractivity contribution in [2.75, 3.05) is 13.1 Å². The van der Waals surface area contributed by atoms with Crippen LogP contribution in [0.25, 0.3) is 0 Å². The first kappa shape index (κ1) is 13.3. The Bertz CT molecular complexity index is 452. The number of hydrogen-bond donors (Lipinski definition) is 0. The summed E-state index contributed by atoms with van der Waals surface area (Å²) < 4.78 is 0. The van der Waals surface area contributed by atoms with Gasteiger partial charge in [-0.15, -0.1) is 11.3 Å². The molecule has 1 atom stereocenters. The molecular weight excluding hydrogens is 246 g/mol. The van der Waals surface area contributed by atoms with E-state index in [4.69, 9.17) is 0 Å². The number of amides is 1. The standard InChI is InChI=1S/C14H19NO2S/c1-3-11-6-7-13(18-11)12(16)9-15-8-4-5-10(2)14(15)17/h6-7,10H,3-5,8-9H2,1-2H3. The minimum absolute atomic E-state index is 0.0705. The highest BCUT2D eigenvalue weighted by atomic mass is 32.1. The van der Waals surface area contributed by atoms with Crippen molar-refractivity contribution in [2.24, 2.45) is 5.92 Å². The van der Waals surface area contributed by atoms with E-state index in [0.29, 0.717) is 0 Å². The quantitative estimate of drug-likeness (QED) is 0.785. The smallest absolute Gasteiger partial charge is 0.225 e. The average molecular weight is 265 g/mol. The second-order valence-electron chi connectivity index (χ2n) is 4.85. The molecule has 0 aromatic carbocycles. The Labute approximate surface area is 112 Å². The number of nitrogens with zero attached hydrogens (tertiary/aromatic N) is 1. The lowest BCUT2D eigenvalue weighted by Gasteiger charge is -2.29. The lowest BCUT2D eigenvalue weighted by Crippen LogP contribution is -2.42. The van der Waals surface area contributed by atoms with Gasteiger partial charge in [-0.3, -0.25) is 9.59 Å². The third kappa shape index (κ3) is 2.80. The van der Waals surface area contributed by atoms with Crippen LogP contribution in [0.5, 0.6) is 0 Å². The normalized spacial score (nSPS) is 20.2. The SMILES string of the molecule is CCc1ccc(C(=O)CN2CCCC(C)C2=O)s1. The van der Waals surface area contributed by atoms with Crippen LogP contribution in [0, 0.1) is 5.92 Å². The minimum atomic E-state index is 0.0705. The minimum Gasteiger partial charge on any atom is -0.335 e. The molecule has 0 bridgehead atoms. The van der Waals surface area contributed by atoms with Gasteiger partial charge >= 0.3 is 0 Å². The zero-order chi connectivity index (χ0) is 13.1. The maximum absolute atomic E-state index is 12.1. The van der Waals surface area contributed by atoms with Crippen LogP contribution in [0.2, 0.25) is 0 Å². The lowest BCUT2D eigenvalue weighted by molar-refractivity contribution is -0.137. The molecule has 98 valence electrons. The number of hydrogen-bond acceptors (Lipinski definition) is 3. The number of likely N-dealkylation sites (tertiary alicyclic amines) is 1. The molecule has 1 saturated heterocycles. The first-order valence-electron chi connectivity index (χ1n) is 6.52. The number of thiophene rings is 1. The monoisotopic (exact) mass is 265 g/mol. The van der Waals surface area contributed by atoms with Gasteiger partial charge in [-0.2, -0.15) is 0 Å². The maximum Gasteiger partial charge on any atom is 0.225 e. The molecule has 0 aliphatic carbocycles. The Morgan fingerprint density at radius 3 is 2.94 bits per heavy atom. The van der Waals surface area contributed by atoms with Crippen molar-refractivity contribution >= 4 is 23.0 Å². The number of Topliss-reactive ketones (excluding diaryl/α,β-unsaturated/α-hetero) is 1. The van der Waals surface area contributed by atoms with Crippen LogP contribution in [0.1, 0.15) is 41.2 Å². The van der Waals surface area contributed by atoms with Crippen molar-refractivity contribution in [2.45, 2.75) is 33.1 Å². The van der Waals surface area contributed by atoms with Crippen LogP contribution < -0.4 is 0 Å². The summed E-state index contributed by atoms with van der Waals surface area (Å²) >= 11 is 1.54. The fourth-order valence-electron chi connectivity index (χ4n) is 2.26. The number of piperidine rings is 1. The average Bonchev–Trinajstić information content (AvgIpc) is 2.83. The highest BCUT2D eigenvalue weighted by Crippen LogP contribution is 2.20. The van der Waals surface area contributed by atoms with E-state index in [0.717, 1.165) is 30.7 Å². The van der Waals surface area contributed by atoms with Crippen LogP contribution in [0.3, 0.4) is 0 Å². The van der Waals surface area contributed by atoms with E-state index in [9.17, 15) is 9.59 Å². The Balaban J connectivity index is 2.00. The van der Waals surface area contributed by atoms with Gasteiger partial charge in [-0.25, -0.2) is 0 Å². The summed E-state index contributed by atoms with van der Waals surface area (Å²) in [5, 5.41) is 0. The molecule has 0 radical (unpaired) electrons. The van der Waals surface area contributed by atoms with Crippen LogP contribution in [0.15, 0.2) is 12.1 Å². The number of carbonyl (C=O) groups excluding carboxylic acids is 2. The number of ketones is 1. The summed E-state index contributed by atoms with van der Waals surface area (Å²) in [4.78, 5) is 27.7. The van der Waals surface area contributed by atoms with Gasteiger partial charge in [0.1, 0.15) is 0 Å². The summed E-state index contributed by atoms with van der Waals surface area (Å²) in [6, 6.07) is 3.88. The van der Waals surface area contributed by atoms with Crippen molar-refractivity contribution in [1.82, 2.24) is 4.90 Å². The molecule has 1 amide bonds. The van der Waals surface area contributed by atoms with Crippen molar-refractivity contribution in [3.8, 4) is 0 Å². The zero-order valence-corrected chi connectivity index (χ0v) is 11.8. The number of aryl methyl sites for hydroxylation is 1. The topological polar surface area (TPSA) is 37.4 Å². The van der Waals surface area contributed by atoms with Gasteiger partial charge in [0, 0.05) is 17.3 Å². The predicted octanol–water partition coefficient (Wildman–Crippen LogP) is 2.75. The van der Waals surface area contributed by atoms with Crippen LogP contribution in [-0.4, -0.2) is 29.7 Å². The molecule has 1 unspecified atom stereocenters. The highest BCUT2D eigenvalue weighted by molar-refractivity contribution is 7.14. The van der Waals surface area contributed by atoms with E-state index in [2.05, 4.69) is 6.92 Å². The summed E-state index contributed by atoms with van der Waals surface area (Å²) in [6.07, 6.45) is 2.91. The molecule has 3 nitrogen and oxygen atoms in total. The van der Waals surface area contributed by atoms with Crippen LogP contribution in [0.4, 0.5) is 0 Å². The zero-order valence-electron chi connectivity index (χ0n) is 10.9. The van der Waals surface area contributed by atoms with Gasteiger partial charge in [-0.05, 0) is 31.4 Å². The molecule has 1 aliphatic rings. The van der Waals surface area contributed by atoms with E-state index in [-0.39, 0.29) is 24.2 Å². The van der Waals surface area contributed by atoms with Crippen molar-refractivity contribution in [3.63, 3.8) is 0 Å². The molecule has 2 heterocycles. The Hall–Kier alpha value is -1.16. The molecule has 4 heteroatoms. The van der Waals surface area contributed by atoms with E-state index in [1.165, 1.54) is 4.88 Å². The Morgan fingerprint density at radius 2 is 2.28 bits per heavy atom. The highest BCUT2D eigenvalue weighted by Gasteiger charge is 2.27. The first-order valence-corrected chi connectivity index (χ1v) is 7.34. The predicted molar refractivity (Wildman–Crippen MR) is 73.0 cm³/mol. The largest absolute Gasteiger partial charge is 0.335 e. The summed E-state index contributed by atoms with van der Waals surface area (Å²) in [6.45, 7) is 4.99. The Kier molecular flexibility index (Phi) is 4.17. The third-order valence-corrected chi connectivity index (χ3v) is 4.69. The van der Waals surface area contributed by atoms with Crippen molar-refractivity contribution in [1.29, 1.82) is 0 Å². The van der Waals surface area contributed by atoms with Gasteiger partial charge in [0.25, 0.3) is 0 Å². The fraction of sp³-hybridized carbons (Fsp3) is 0.571. The van der Waals surface area contributed by atoms with Crippen molar-refractivity contribution < 1.29 is 9.59 Å². The van der Waals surface area contributed by atoms with Gasteiger partial charge in [0.15, 0.2) is 5.78 Å². The molecule has 1 aromatic heterocycles. The fourth-order valence-corrected chi connectivity index (χ4v) is 3.14. The molecule has 2 rings (SSSR count). The molecule has 0 N–H and O–H groups in total. The van der Waals surface area contributed by atoms with Crippen LogP contribution >= 0.6 is 11.3 Å². The lowest BCUT2D eigenvalue weighted by atomic mass is 9.99. The van der Waals surface area contributed by atoms with Gasteiger partial charge in [0.2, 0.25) is 5.91 Å². The summed E-state index contributed by atoms with van der Waals surface area (Å²) in [5.74, 6) is 0.269. The van der Waals surface area contributed by atoms with Gasteiger partial charge in [-0.1, -0.05) is 13.8 Å². The molecule has 0 spiro atoms. The maximum atomic E-state index is 12.1. The molecule has 1 fully saturated rings. The van der Waals surface area contributed by atoms with Crippen molar-refractivity contribution in [3.05, 3.63) is 21.9 Å². The third-order valence-electron chi connectivity index (χ3n) is 3.42. The van der Waals surface area contributed by atoms with E-state index in [1.54, 1.807) is 16.2 Å². The summed E-state index contributed by atoms with van der Waals surface area (Å²) in [5.41, 5.74) is 0. The number of carbonyl (C=O) groups is 2. The van der Waals surface area contributed by atoms with Gasteiger partial charge in [0.05, 0.1) is 11.4 Å². The first-order chi connectivity index (χ1) is 8.61. The van der Waals surface area contributed by atoms with E-state index >= 15 is 0 Å². The Morgan fingerprint density at radius 1 is 1.50 bits per heavy atom. The molecule has 18 heavy (non-hydrogen) atoms. The number of rotatable bonds is 4. The summed E-state index contributed by atoms with van der Waals surface area (Å²) in [7, 11) is 0. The second-order valence-corrected chi connectivity index (χ2v) is 6.01. The van der Waals surface area contributed by atoms with E-state index < -0.39 is 0 Å². The molecule has 1 aliphatic heterocycles. The van der Waals surface area contributed by atoms with Gasteiger partial charge < -0.3 is 4.90 Å². The molecule has 0 saturated carbocycles. The molecule has 1 aromatic rings.